The number of carbonyl (C=O) groups excluding carboxylic acids is 2. The van der Waals surface area contributed by atoms with E-state index in [-0.39, 0.29) is 5.60 Å². The third-order valence-corrected chi connectivity index (χ3v) is 4.76. The molecule has 170 valence electrons. The summed E-state index contributed by atoms with van der Waals surface area (Å²) in [6.07, 6.45) is 3.55. The number of rotatable bonds is 9. The second kappa shape index (κ2) is 10.3. The van der Waals surface area contributed by atoms with Crippen LogP contribution in [0.25, 0.3) is 10.9 Å². The first-order chi connectivity index (χ1) is 15.3. The molecule has 3 aromatic rings. The maximum Gasteiger partial charge on any atom is 0.328 e. The number of aromatic nitrogens is 2. The van der Waals surface area contributed by atoms with Crippen LogP contribution < -0.4 is 10.1 Å². The van der Waals surface area contributed by atoms with E-state index in [1.165, 1.54) is 13.3 Å². The lowest BCUT2D eigenvalue weighted by Gasteiger charge is -2.19. The van der Waals surface area contributed by atoms with Crippen LogP contribution in [0.4, 0.5) is 0 Å². The second-order valence-electron chi connectivity index (χ2n) is 8.31. The molecule has 0 saturated carbocycles. The van der Waals surface area contributed by atoms with Crippen LogP contribution in [0.3, 0.4) is 0 Å². The first-order valence-electron chi connectivity index (χ1n) is 10.4. The van der Waals surface area contributed by atoms with Crippen molar-refractivity contribution in [3.05, 3.63) is 59.9 Å². The van der Waals surface area contributed by atoms with Crippen LogP contribution in [0.5, 0.6) is 5.88 Å². The van der Waals surface area contributed by atoms with Crippen molar-refractivity contribution in [1.29, 1.82) is 0 Å². The number of amides is 1. The minimum atomic E-state index is -0.836. The molecule has 32 heavy (non-hydrogen) atoms. The number of aromatic amines is 1. The summed E-state index contributed by atoms with van der Waals surface area (Å²) < 4.78 is 16.0. The first-order valence-corrected chi connectivity index (χ1v) is 10.4. The highest BCUT2D eigenvalue weighted by molar-refractivity contribution is 5.96. The van der Waals surface area contributed by atoms with Crippen molar-refractivity contribution in [2.24, 2.45) is 0 Å². The molecule has 1 unspecified atom stereocenters. The van der Waals surface area contributed by atoms with Crippen molar-refractivity contribution in [1.82, 2.24) is 15.3 Å². The Kier molecular flexibility index (Phi) is 7.48. The quantitative estimate of drug-likeness (QED) is 0.392. The summed E-state index contributed by atoms with van der Waals surface area (Å²) in [5.41, 5.74) is 1.96. The minimum Gasteiger partial charge on any atom is -0.475 e. The van der Waals surface area contributed by atoms with Gasteiger partial charge in [0.15, 0.2) is 0 Å². The van der Waals surface area contributed by atoms with E-state index in [2.05, 4.69) is 15.3 Å². The Labute approximate surface area is 187 Å². The number of methoxy groups -OCH3 is 1. The Morgan fingerprint density at radius 2 is 1.91 bits per heavy atom. The molecular formula is C24H29N3O5. The number of nitrogens with one attached hydrogen (secondary N) is 2. The summed E-state index contributed by atoms with van der Waals surface area (Å²) in [5.74, 6) is -0.548. The Balaban J connectivity index is 1.61. The number of nitrogens with zero attached hydrogens (tertiary/aromatic N) is 1. The van der Waals surface area contributed by atoms with Gasteiger partial charge >= 0.3 is 5.97 Å². The number of fused-ring (bicyclic) bond motifs is 1. The topological polar surface area (TPSA) is 103 Å². The fourth-order valence-electron chi connectivity index (χ4n) is 3.19. The Morgan fingerprint density at radius 1 is 1.12 bits per heavy atom. The minimum absolute atomic E-state index is 0.235. The van der Waals surface area contributed by atoms with E-state index in [9.17, 15) is 9.59 Å². The average molecular weight is 440 g/mol. The Hall–Kier alpha value is -3.39. The van der Waals surface area contributed by atoms with Gasteiger partial charge in [-0.05, 0) is 38.5 Å². The largest absolute Gasteiger partial charge is 0.475 e. The van der Waals surface area contributed by atoms with Gasteiger partial charge in [0, 0.05) is 35.8 Å². The molecule has 0 aliphatic heterocycles. The molecule has 2 aromatic heterocycles. The number of H-pyrrole nitrogens is 1. The van der Waals surface area contributed by atoms with E-state index in [0.29, 0.717) is 31.1 Å². The molecule has 0 fully saturated rings. The van der Waals surface area contributed by atoms with E-state index in [0.717, 1.165) is 16.5 Å². The first kappa shape index (κ1) is 23.3. The van der Waals surface area contributed by atoms with Crippen molar-refractivity contribution in [3.8, 4) is 5.88 Å². The van der Waals surface area contributed by atoms with Crippen LogP contribution in [-0.2, 0) is 20.7 Å². The fourth-order valence-corrected chi connectivity index (χ4v) is 3.19. The average Bonchev–Trinajstić information content (AvgIpc) is 3.18. The van der Waals surface area contributed by atoms with Crippen molar-refractivity contribution in [3.63, 3.8) is 0 Å². The maximum absolute atomic E-state index is 12.7. The Morgan fingerprint density at radius 3 is 2.59 bits per heavy atom. The number of carbonyl (C=O) groups is 2. The lowest BCUT2D eigenvalue weighted by atomic mass is 10.0. The van der Waals surface area contributed by atoms with E-state index >= 15 is 0 Å². The summed E-state index contributed by atoms with van der Waals surface area (Å²) in [6.45, 7) is 6.70. The standard InChI is InChI=1S/C24H29N3O5/c1-24(2,3)32-12-11-31-21-10-9-16(14-26-21)22(28)27-20(23(29)30-4)13-17-15-25-19-8-6-5-7-18(17)19/h5-10,14-15,20,25H,11-13H2,1-4H3,(H,27,28). The molecule has 0 aliphatic rings. The summed E-state index contributed by atoms with van der Waals surface area (Å²) in [4.78, 5) is 32.4. The van der Waals surface area contributed by atoms with E-state index in [1.807, 2.05) is 51.2 Å². The highest BCUT2D eigenvalue weighted by atomic mass is 16.5. The van der Waals surface area contributed by atoms with E-state index < -0.39 is 17.9 Å². The smallest absolute Gasteiger partial charge is 0.328 e. The molecular weight excluding hydrogens is 410 g/mol. The fraction of sp³-hybridized carbons (Fsp3) is 0.375. The number of esters is 1. The number of ether oxygens (including phenoxy) is 3. The molecule has 1 amide bonds. The highest BCUT2D eigenvalue weighted by Gasteiger charge is 2.24. The van der Waals surface area contributed by atoms with Gasteiger partial charge in [-0.2, -0.15) is 0 Å². The molecule has 0 saturated heterocycles. The van der Waals surface area contributed by atoms with E-state index in [4.69, 9.17) is 14.2 Å². The summed E-state index contributed by atoms with van der Waals surface area (Å²) in [5, 5.41) is 3.74. The monoisotopic (exact) mass is 439 g/mol. The number of hydrogen-bond acceptors (Lipinski definition) is 6. The molecule has 1 aromatic carbocycles. The van der Waals surface area contributed by atoms with Gasteiger partial charge in [-0.15, -0.1) is 0 Å². The van der Waals surface area contributed by atoms with Crippen LogP contribution in [0, 0.1) is 0 Å². The van der Waals surface area contributed by atoms with Crippen molar-refractivity contribution in [2.75, 3.05) is 20.3 Å². The normalized spacial score (nSPS) is 12.4. The maximum atomic E-state index is 12.7. The molecule has 0 spiro atoms. The van der Waals surface area contributed by atoms with Gasteiger partial charge in [-0.1, -0.05) is 18.2 Å². The number of pyridine rings is 1. The van der Waals surface area contributed by atoms with Crippen LogP contribution in [0.15, 0.2) is 48.8 Å². The third-order valence-electron chi connectivity index (χ3n) is 4.76. The van der Waals surface area contributed by atoms with Gasteiger partial charge in [-0.3, -0.25) is 4.79 Å². The summed E-state index contributed by atoms with van der Waals surface area (Å²) in [6, 6.07) is 10.1. The SMILES string of the molecule is COC(=O)C(Cc1c[nH]c2ccccc12)NC(=O)c1ccc(OCCOC(C)(C)C)nc1. The number of hydrogen-bond donors (Lipinski definition) is 2. The van der Waals surface area contributed by atoms with Gasteiger partial charge < -0.3 is 24.5 Å². The number of benzene rings is 1. The zero-order valence-electron chi connectivity index (χ0n) is 18.8. The molecule has 0 radical (unpaired) electrons. The molecule has 2 N–H and O–H groups in total. The lowest BCUT2D eigenvalue weighted by molar-refractivity contribution is -0.142. The molecule has 3 rings (SSSR count). The predicted octanol–water partition coefficient (Wildman–Crippen LogP) is 3.27. The zero-order valence-corrected chi connectivity index (χ0v) is 18.8. The van der Waals surface area contributed by atoms with Crippen molar-refractivity contribution in [2.45, 2.75) is 38.8 Å². The van der Waals surface area contributed by atoms with Crippen molar-refractivity contribution >= 4 is 22.8 Å². The van der Waals surface area contributed by atoms with Crippen LogP contribution in [-0.4, -0.2) is 53.8 Å². The molecule has 2 heterocycles. The predicted molar refractivity (Wildman–Crippen MR) is 121 cm³/mol. The third kappa shape index (κ3) is 6.31. The zero-order chi connectivity index (χ0) is 23.1. The molecule has 8 heteroatoms. The Bertz CT molecular complexity index is 1050. The van der Waals surface area contributed by atoms with Crippen LogP contribution in [0.1, 0.15) is 36.7 Å². The molecule has 1 atom stereocenters. The van der Waals surface area contributed by atoms with Gasteiger partial charge in [0.2, 0.25) is 5.88 Å². The highest BCUT2D eigenvalue weighted by Crippen LogP contribution is 2.19. The van der Waals surface area contributed by atoms with Gasteiger partial charge in [0.1, 0.15) is 12.6 Å². The molecule has 0 aliphatic carbocycles. The van der Waals surface area contributed by atoms with Gasteiger partial charge in [-0.25, -0.2) is 9.78 Å². The number of para-hydroxylation sites is 1. The van der Waals surface area contributed by atoms with Crippen LogP contribution >= 0.6 is 0 Å². The lowest BCUT2D eigenvalue weighted by Crippen LogP contribution is -2.43. The van der Waals surface area contributed by atoms with Crippen molar-refractivity contribution < 1.29 is 23.8 Å². The van der Waals surface area contributed by atoms with Crippen LogP contribution in [0.2, 0.25) is 0 Å². The second-order valence-corrected chi connectivity index (χ2v) is 8.31. The summed E-state index contributed by atoms with van der Waals surface area (Å²) >= 11 is 0. The van der Waals surface area contributed by atoms with Gasteiger partial charge in [0.25, 0.3) is 5.91 Å². The molecule has 8 nitrogen and oxygen atoms in total. The summed E-state index contributed by atoms with van der Waals surface area (Å²) in [7, 11) is 1.30. The van der Waals surface area contributed by atoms with Gasteiger partial charge in [0.05, 0.1) is 24.9 Å². The molecule has 0 bridgehead atoms. The van der Waals surface area contributed by atoms with E-state index in [1.54, 1.807) is 12.1 Å².